The first-order valence-electron chi connectivity index (χ1n) is 7.38. The number of fused-ring (bicyclic) bond motifs is 1. The van der Waals surface area contributed by atoms with Gasteiger partial charge in [0.15, 0.2) is 0 Å². The molecule has 0 amide bonds. The Morgan fingerprint density at radius 2 is 1.95 bits per heavy atom. The maximum atomic E-state index is 9.97. The van der Waals surface area contributed by atoms with Gasteiger partial charge < -0.3 is 14.7 Å². The number of ether oxygens (including phenoxy) is 1. The first kappa shape index (κ1) is 14.4. The van der Waals surface area contributed by atoms with Crippen LogP contribution in [0.4, 0.5) is 0 Å². The third-order valence-electron chi connectivity index (χ3n) is 3.88. The molecule has 0 aliphatic heterocycles. The number of aliphatic hydroxyl groups excluding tert-OH is 1. The van der Waals surface area contributed by atoms with Crippen LogP contribution in [-0.2, 0) is 12.8 Å². The number of likely N-dealkylation sites (N-methyl/N-ethyl adjacent to an activating group) is 1. The highest BCUT2D eigenvalue weighted by Crippen LogP contribution is 2.26. The predicted octanol–water partition coefficient (Wildman–Crippen LogP) is 2.26. The SMILES string of the molecule is CCN(CC)CC(O)COc1ccc2c(c1)CCC2. The van der Waals surface area contributed by atoms with E-state index in [4.69, 9.17) is 4.74 Å². The molecule has 0 fully saturated rings. The van der Waals surface area contributed by atoms with Crippen molar-refractivity contribution in [2.75, 3.05) is 26.2 Å². The molecule has 0 heterocycles. The van der Waals surface area contributed by atoms with E-state index in [2.05, 4.69) is 30.9 Å². The molecular formula is C16H25NO2. The third kappa shape index (κ3) is 3.95. The first-order chi connectivity index (χ1) is 9.22. The fraction of sp³-hybridized carbons (Fsp3) is 0.625. The van der Waals surface area contributed by atoms with Crippen molar-refractivity contribution < 1.29 is 9.84 Å². The Morgan fingerprint density at radius 3 is 2.68 bits per heavy atom. The highest BCUT2D eigenvalue weighted by Gasteiger charge is 2.13. The summed E-state index contributed by atoms with van der Waals surface area (Å²) in [6, 6.07) is 6.31. The lowest BCUT2D eigenvalue weighted by Crippen LogP contribution is -2.35. The summed E-state index contributed by atoms with van der Waals surface area (Å²) >= 11 is 0. The van der Waals surface area contributed by atoms with Gasteiger partial charge in [-0.3, -0.25) is 0 Å². The maximum Gasteiger partial charge on any atom is 0.119 e. The number of aryl methyl sites for hydroxylation is 2. The highest BCUT2D eigenvalue weighted by atomic mass is 16.5. The van der Waals surface area contributed by atoms with Gasteiger partial charge >= 0.3 is 0 Å². The van der Waals surface area contributed by atoms with Gasteiger partial charge in [0.1, 0.15) is 18.5 Å². The average molecular weight is 263 g/mol. The van der Waals surface area contributed by atoms with Crippen LogP contribution in [0, 0.1) is 0 Å². The van der Waals surface area contributed by atoms with Gasteiger partial charge in [-0.1, -0.05) is 19.9 Å². The summed E-state index contributed by atoms with van der Waals surface area (Å²) in [4.78, 5) is 2.21. The number of hydrogen-bond acceptors (Lipinski definition) is 3. The van der Waals surface area contributed by atoms with E-state index >= 15 is 0 Å². The molecule has 0 saturated carbocycles. The number of nitrogens with zero attached hydrogens (tertiary/aromatic N) is 1. The summed E-state index contributed by atoms with van der Waals surface area (Å²) in [6.07, 6.45) is 3.19. The lowest BCUT2D eigenvalue weighted by Gasteiger charge is -2.22. The average Bonchev–Trinajstić information content (AvgIpc) is 2.89. The van der Waals surface area contributed by atoms with Crippen LogP contribution in [0.25, 0.3) is 0 Å². The van der Waals surface area contributed by atoms with E-state index in [1.807, 2.05) is 6.07 Å². The van der Waals surface area contributed by atoms with Gasteiger partial charge in [-0.15, -0.1) is 0 Å². The lowest BCUT2D eigenvalue weighted by molar-refractivity contribution is 0.0716. The van der Waals surface area contributed by atoms with Crippen LogP contribution < -0.4 is 4.74 Å². The van der Waals surface area contributed by atoms with Gasteiger partial charge in [0.25, 0.3) is 0 Å². The molecule has 0 bridgehead atoms. The molecule has 1 N–H and O–H groups in total. The third-order valence-corrected chi connectivity index (χ3v) is 3.88. The molecule has 0 radical (unpaired) electrons. The van der Waals surface area contributed by atoms with Crippen molar-refractivity contribution in [2.45, 2.75) is 39.2 Å². The predicted molar refractivity (Wildman–Crippen MR) is 77.8 cm³/mol. The van der Waals surface area contributed by atoms with Crippen LogP contribution in [0.3, 0.4) is 0 Å². The van der Waals surface area contributed by atoms with Gasteiger partial charge in [0.05, 0.1) is 0 Å². The van der Waals surface area contributed by atoms with Gasteiger partial charge in [-0.05, 0) is 55.6 Å². The molecule has 0 aromatic heterocycles. The fourth-order valence-electron chi connectivity index (χ4n) is 2.66. The summed E-state index contributed by atoms with van der Waals surface area (Å²) in [5.74, 6) is 0.888. The molecule has 1 atom stereocenters. The Hall–Kier alpha value is -1.06. The fourth-order valence-corrected chi connectivity index (χ4v) is 2.66. The van der Waals surface area contributed by atoms with E-state index < -0.39 is 6.10 Å². The number of aliphatic hydroxyl groups is 1. The largest absolute Gasteiger partial charge is 0.491 e. The quantitative estimate of drug-likeness (QED) is 0.819. The standard InChI is InChI=1S/C16H25NO2/c1-3-17(4-2)11-15(18)12-19-16-9-8-13-6-5-7-14(13)10-16/h8-10,15,18H,3-7,11-12H2,1-2H3. The Balaban J connectivity index is 1.81. The van der Waals surface area contributed by atoms with Crippen LogP contribution in [0.1, 0.15) is 31.4 Å². The minimum absolute atomic E-state index is 0.370. The second kappa shape index (κ2) is 6.92. The number of hydrogen-bond donors (Lipinski definition) is 1. The smallest absolute Gasteiger partial charge is 0.119 e. The summed E-state index contributed by atoms with van der Waals surface area (Å²) in [5, 5.41) is 9.97. The highest BCUT2D eigenvalue weighted by molar-refractivity contribution is 5.38. The van der Waals surface area contributed by atoms with Crippen molar-refractivity contribution >= 4 is 0 Å². The van der Waals surface area contributed by atoms with Crippen molar-refractivity contribution in [3.8, 4) is 5.75 Å². The van der Waals surface area contributed by atoms with E-state index in [1.165, 1.54) is 24.0 Å². The Morgan fingerprint density at radius 1 is 1.21 bits per heavy atom. The molecule has 19 heavy (non-hydrogen) atoms. The van der Waals surface area contributed by atoms with E-state index in [0.29, 0.717) is 13.2 Å². The van der Waals surface area contributed by atoms with E-state index in [1.54, 1.807) is 0 Å². The van der Waals surface area contributed by atoms with E-state index in [0.717, 1.165) is 25.3 Å². The van der Waals surface area contributed by atoms with Crippen molar-refractivity contribution in [1.82, 2.24) is 4.90 Å². The van der Waals surface area contributed by atoms with Gasteiger partial charge in [-0.2, -0.15) is 0 Å². The summed E-state index contributed by atoms with van der Waals surface area (Å²) < 4.78 is 5.71. The van der Waals surface area contributed by atoms with Gasteiger partial charge in [-0.25, -0.2) is 0 Å². The molecule has 0 saturated heterocycles. The molecular weight excluding hydrogens is 238 g/mol. The molecule has 2 rings (SSSR count). The zero-order valence-electron chi connectivity index (χ0n) is 12.1. The second-order valence-electron chi connectivity index (χ2n) is 5.23. The summed E-state index contributed by atoms with van der Waals surface area (Å²) in [6.45, 7) is 7.20. The maximum absolute atomic E-state index is 9.97. The van der Waals surface area contributed by atoms with E-state index in [-0.39, 0.29) is 0 Å². The molecule has 1 aromatic carbocycles. The Labute approximate surface area is 116 Å². The minimum Gasteiger partial charge on any atom is -0.491 e. The number of rotatable bonds is 7. The van der Waals surface area contributed by atoms with Crippen LogP contribution >= 0.6 is 0 Å². The van der Waals surface area contributed by atoms with Crippen LogP contribution in [-0.4, -0.2) is 42.4 Å². The van der Waals surface area contributed by atoms with Crippen molar-refractivity contribution in [3.05, 3.63) is 29.3 Å². The van der Waals surface area contributed by atoms with Crippen molar-refractivity contribution in [3.63, 3.8) is 0 Å². The lowest BCUT2D eigenvalue weighted by atomic mass is 10.1. The Kier molecular flexibility index (Phi) is 5.23. The van der Waals surface area contributed by atoms with Crippen LogP contribution in [0.5, 0.6) is 5.75 Å². The Bertz CT molecular complexity index is 402. The second-order valence-corrected chi connectivity index (χ2v) is 5.23. The zero-order valence-corrected chi connectivity index (χ0v) is 12.1. The first-order valence-corrected chi connectivity index (χ1v) is 7.38. The van der Waals surface area contributed by atoms with Crippen molar-refractivity contribution in [2.24, 2.45) is 0 Å². The van der Waals surface area contributed by atoms with Gasteiger partial charge in [0, 0.05) is 6.54 Å². The molecule has 1 aliphatic carbocycles. The molecule has 0 spiro atoms. The van der Waals surface area contributed by atoms with Gasteiger partial charge in [0.2, 0.25) is 0 Å². The summed E-state index contributed by atoms with van der Waals surface area (Å²) in [5.41, 5.74) is 2.87. The topological polar surface area (TPSA) is 32.7 Å². The zero-order chi connectivity index (χ0) is 13.7. The minimum atomic E-state index is -0.423. The summed E-state index contributed by atoms with van der Waals surface area (Å²) in [7, 11) is 0. The van der Waals surface area contributed by atoms with Crippen LogP contribution in [0.2, 0.25) is 0 Å². The molecule has 3 nitrogen and oxygen atoms in total. The monoisotopic (exact) mass is 263 g/mol. The molecule has 1 aliphatic rings. The van der Waals surface area contributed by atoms with Crippen LogP contribution in [0.15, 0.2) is 18.2 Å². The molecule has 3 heteroatoms. The van der Waals surface area contributed by atoms with Crippen molar-refractivity contribution in [1.29, 1.82) is 0 Å². The molecule has 106 valence electrons. The normalized spacial score (nSPS) is 15.6. The van der Waals surface area contributed by atoms with E-state index in [9.17, 15) is 5.11 Å². The number of benzene rings is 1. The molecule has 1 unspecified atom stereocenters. The molecule has 1 aromatic rings.